The van der Waals surface area contributed by atoms with Crippen molar-refractivity contribution < 1.29 is 27.8 Å². The van der Waals surface area contributed by atoms with Gasteiger partial charge < -0.3 is 14.4 Å². The van der Waals surface area contributed by atoms with Gasteiger partial charge in [-0.05, 0) is 24.3 Å². The minimum Gasteiger partial charge on any atom is -0.485 e. The minimum atomic E-state index is -0.903. The maximum Gasteiger partial charge on any atom is 0.328 e. The summed E-state index contributed by atoms with van der Waals surface area (Å²) in [6, 6.07) is 9.10. The van der Waals surface area contributed by atoms with Crippen LogP contribution < -0.4 is 4.74 Å². The number of halogens is 3. The summed E-state index contributed by atoms with van der Waals surface area (Å²) in [6.45, 7) is 0.0407. The molecule has 0 spiro atoms. The molecule has 0 bridgehead atoms. The Labute approximate surface area is 165 Å². The Kier molecular flexibility index (Phi) is 6.14. The predicted octanol–water partition coefficient (Wildman–Crippen LogP) is 3.38. The topological polar surface area (TPSA) is 55.8 Å². The predicted molar refractivity (Wildman–Crippen MR) is 98.1 cm³/mol. The van der Waals surface area contributed by atoms with Gasteiger partial charge in [-0.3, -0.25) is 4.79 Å². The molecule has 1 aliphatic heterocycles. The third-order valence-electron chi connectivity index (χ3n) is 4.58. The molecule has 3 rings (SSSR count). The first-order valence-corrected chi connectivity index (χ1v) is 9.00. The Morgan fingerprint density at radius 1 is 1.14 bits per heavy atom. The van der Waals surface area contributed by atoms with E-state index < -0.39 is 35.7 Å². The zero-order chi connectivity index (χ0) is 20.3. The van der Waals surface area contributed by atoms with Gasteiger partial charge in [0.1, 0.15) is 18.0 Å². The monoisotopic (exact) mass is 409 g/mol. The number of ether oxygens (including phenoxy) is 2. The van der Waals surface area contributed by atoms with Crippen molar-refractivity contribution in [3.8, 4) is 5.75 Å². The van der Waals surface area contributed by atoms with E-state index in [9.17, 15) is 18.4 Å². The summed E-state index contributed by atoms with van der Waals surface area (Å²) in [6.07, 6.45) is -0.788. The van der Waals surface area contributed by atoms with Gasteiger partial charge in [0.05, 0.1) is 20.1 Å². The van der Waals surface area contributed by atoms with Gasteiger partial charge in [0.15, 0.2) is 11.6 Å². The fourth-order valence-corrected chi connectivity index (χ4v) is 3.42. The van der Waals surface area contributed by atoms with Gasteiger partial charge in [-0.1, -0.05) is 29.8 Å². The van der Waals surface area contributed by atoms with Crippen molar-refractivity contribution in [2.75, 3.05) is 13.7 Å². The highest BCUT2D eigenvalue weighted by Gasteiger charge is 2.41. The van der Waals surface area contributed by atoms with Crippen molar-refractivity contribution in [3.63, 3.8) is 0 Å². The van der Waals surface area contributed by atoms with Gasteiger partial charge in [-0.15, -0.1) is 0 Å². The van der Waals surface area contributed by atoms with Crippen LogP contribution in [0, 0.1) is 11.6 Å². The zero-order valence-corrected chi connectivity index (χ0v) is 15.8. The van der Waals surface area contributed by atoms with Crippen molar-refractivity contribution in [1.82, 2.24) is 4.90 Å². The molecule has 1 heterocycles. The third kappa shape index (κ3) is 4.25. The standard InChI is InChI=1S/C20H18ClF2NO4/c1-27-20(26)17-9-12(28-18-8-3-2-6-16(18)23)11-24(17)19(25)10-13-14(21)5-4-7-15(13)22/h2-8,12,17H,9-11H2,1H3/t12-,17-/m0/s1. The Bertz CT molecular complexity index is 872. The molecule has 8 heteroatoms. The van der Waals surface area contributed by atoms with Gasteiger partial charge in [0.25, 0.3) is 0 Å². The molecule has 0 aromatic heterocycles. The summed E-state index contributed by atoms with van der Waals surface area (Å²) in [7, 11) is 1.21. The third-order valence-corrected chi connectivity index (χ3v) is 4.93. The number of carbonyl (C=O) groups is 2. The number of likely N-dealkylation sites (tertiary alicyclic amines) is 1. The van der Waals surface area contributed by atoms with Crippen molar-refractivity contribution in [3.05, 3.63) is 64.7 Å². The van der Waals surface area contributed by atoms with E-state index in [4.69, 9.17) is 21.1 Å². The molecule has 28 heavy (non-hydrogen) atoms. The molecule has 0 N–H and O–H groups in total. The van der Waals surface area contributed by atoms with Crippen LogP contribution in [-0.4, -0.2) is 42.6 Å². The molecule has 1 fully saturated rings. The number of para-hydroxylation sites is 1. The number of benzene rings is 2. The number of nitrogens with zero attached hydrogens (tertiary/aromatic N) is 1. The van der Waals surface area contributed by atoms with Crippen LogP contribution in [0.25, 0.3) is 0 Å². The number of hydrogen-bond donors (Lipinski definition) is 0. The SMILES string of the molecule is COC(=O)[C@@H]1C[C@H](Oc2ccccc2F)CN1C(=O)Cc1c(F)cccc1Cl. The highest BCUT2D eigenvalue weighted by atomic mass is 35.5. The van der Waals surface area contributed by atoms with E-state index in [1.54, 1.807) is 6.07 Å². The average Bonchev–Trinajstić information content (AvgIpc) is 3.10. The molecule has 148 valence electrons. The van der Waals surface area contributed by atoms with Crippen molar-refractivity contribution in [2.45, 2.75) is 25.0 Å². The fraction of sp³-hybridized carbons (Fsp3) is 0.300. The van der Waals surface area contributed by atoms with Gasteiger partial charge >= 0.3 is 5.97 Å². The summed E-state index contributed by atoms with van der Waals surface area (Å²) in [5, 5.41) is 0.126. The number of carbonyl (C=O) groups excluding carboxylic acids is 2. The van der Waals surface area contributed by atoms with Crippen LogP contribution in [0.1, 0.15) is 12.0 Å². The summed E-state index contributed by atoms with van der Waals surface area (Å²) in [5.41, 5.74) is 0.0521. The summed E-state index contributed by atoms with van der Waals surface area (Å²) in [4.78, 5) is 26.2. The molecule has 5 nitrogen and oxygen atoms in total. The summed E-state index contributed by atoms with van der Waals surface area (Å²) < 4.78 is 38.3. The molecule has 0 aliphatic carbocycles. The number of methoxy groups -OCH3 is 1. The van der Waals surface area contributed by atoms with E-state index in [0.717, 1.165) is 0 Å². The highest BCUT2D eigenvalue weighted by Crippen LogP contribution is 2.27. The lowest BCUT2D eigenvalue weighted by Crippen LogP contribution is -2.42. The van der Waals surface area contributed by atoms with Crippen LogP contribution in [0.2, 0.25) is 5.02 Å². The zero-order valence-electron chi connectivity index (χ0n) is 15.0. The number of amides is 1. The largest absolute Gasteiger partial charge is 0.485 e. The van der Waals surface area contributed by atoms with Gasteiger partial charge in [0, 0.05) is 17.0 Å². The molecule has 0 radical (unpaired) electrons. The smallest absolute Gasteiger partial charge is 0.328 e. The quantitative estimate of drug-likeness (QED) is 0.710. The molecular formula is C20H18ClF2NO4. The van der Waals surface area contributed by atoms with E-state index in [1.807, 2.05) is 0 Å². The maximum absolute atomic E-state index is 14.0. The number of rotatable bonds is 5. The van der Waals surface area contributed by atoms with Crippen LogP contribution in [0.4, 0.5) is 8.78 Å². The van der Waals surface area contributed by atoms with E-state index in [2.05, 4.69) is 0 Å². The normalized spacial score (nSPS) is 18.8. The Morgan fingerprint density at radius 2 is 1.86 bits per heavy atom. The first kappa shape index (κ1) is 20.1. The lowest BCUT2D eigenvalue weighted by Gasteiger charge is -2.22. The first-order chi connectivity index (χ1) is 13.4. The molecular weight excluding hydrogens is 392 g/mol. The van der Waals surface area contributed by atoms with Gasteiger partial charge in [0.2, 0.25) is 5.91 Å². The Morgan fingerprint density at radius 3 is 2.54 bits per heavy atom. The van der Waals surface area contributed by atoms with Crippen molar-refractivity contribution in [1.29, 1.82) is 0 Å². The van der Waals surface area contributed by atoms with E-state index in [1.165, 1.54) is 48.4 Å². The molecule has 0 saturated carbocycles. The van der Waals surface area contributed by atoms with E-state index >= 15 is 0 Å². The van der Waals surface area contributed by atoms with Crippen LogP contribution in [-0.2, 0) is 20.7 Å². The molecule has 1 aliphatic rings. The van der Waals surface area contributed by atoms with Crippen LogP contribution >= 0.6 is 11.6 Å². The molecule has 2 aromatic rings. The van der Waals surface area contributed by atoms with Crippen LogP contribution in [0.5, 0.6) is 5.75 Å². The van der Waals surface area contributed by atoms with E-state index in [-0.39, 0.29) is 35.7 Å². The van der Waals surface area contributed by atoms with Crippen LogP contribution in [0.15, 0.2) is 42.5 Å². The first-order valence-electron chi connectivity index (χ1n) is 8.62. The van der Waals surface area contributed by atoms with E-state index in [0.29, 0.717) is 0 Å². The molecule has 2 aromatic carbocycles. The average molecular weight is 410 g/mol. The highest BCUT2D eigenvalue weighted by molar-refractivity contribution is 6.31. The maximum atomic E-state index is 14.0. The Hall–Kier alpha value is -2.67. The minimum absolute atomic E-state index is 0.0302. The lowest BCUT2D eigenvalue weighted by molar-refractivity contribution is -0.150. The second-order valence-corrected chi connectivity index (χ2v) is 6.78. The fourth-order valence-electron chi connectivity index (χ4n) is 3.19. The van der Waals surface area contributed by atoms with Gasteiger partial charge in [-0.25, -0.2) is 13.6 Å². The summed E-state index contributed by atoms with van der Waals surface area (Å²) >= 11 is 5.99. The van der Waals surface area contributed by atoms with Crippen molar-refractivity contribution in [2.24, 2.45) is 0 Å². The van der Waals surface area contributed by atoms with Crippen molar-refractivity contribution >= 4 is 23.5 Å². The number of hydrogen-bond acceptors (Lipinski definition) is 4. The second kappa shape index (κ2) is 8.56. The molecule has 1 saturated heterocycles. The van der Waals surface area contributed by atoms with Gasteiger partial charge in [-0.2, -0.15) is 0 Å². The van der Waals surface area contributed by atoms with Crippen LogP contribution in [0.3, 0.4) is 0 Å². The molecule has 0 unspecified atom stereocenters. The number of esters is 1. The molecule has 1 amide bonds. The Balaban J connectivity index is 1.78. The molecule has 2 atom stereocenters. The summed E-state index contributed by atoms with van der Waals surface area (Å²) in [5.74, 6) is -2.23. The second-order valence-electron chi connectivity index (χ2n) is 6.37. The lowest BCUT2D eigenvalue weighted by atomic mass is 10.1.